The van der Waals surface area contributed by atoms with Crippen LogP contribution in [0.25, 0.3) is 22.0 Å². The Balaban J connectivity index is 0.00000230. The number of amides is 1. The molecule has 0 unspecified atom stereocenters. The number of carbonyl (C=O) groups is 2. The normalized spacial score (nSPS) is 10.7. The van der Waals surface area contributed by atoms with Crippen molar-refractivity contribution in [2.45, 2.75) is 40.3 Å². The van der Waals surface area contributed by atoms with E-state index in [9.17, 15) is 14.0 Å². The zero-order valence-electron chi connectivity index (χ0n) is 28.1. The second kappa shape index (κ2) is 16.3. The minimum atomic E-state index is -0.552. The molecule has 0 aliphatic rings. The lowest BCUT2D eigenvalue weighted by atomic mass is 9.90. The molecule has 1 heterocycles. The van der Waals surface area contributed by atoms with E-state index in [1.807, 2.05) is 99.6 Å². The minimum Gasteiger partial charge on any atom is -0.478 e. The number of ether oxygens (including phenoxy) is 2. The minimum absolute atomic E-state index is 0.173. The van der Waals surface area contributed by atoms with Crippen LogP contribution in [0.15, 0.2) is 128 Å². The summed E-state index contributed by atoms with van der Waals surface area (Å²) < 4.78 is 25.8. The fourth-order valence-corrected chi connectivity index (χ4v) is 5.75. The van der Waals surface area contributed by atoms with Crippen LogP contribution in [0.2, 0.25) is 0 Å². The number of fused-ring (bicyclic) bond motifs is 1. The van der Waals surface area contributed by atoms with Gasteiger partial charge in [-0.05, 0) is 77.6 Å². The maximum absolute atomic E-state index is 14.3. The molecule has 7 heteroatoms. The predicted molar refractivity (Wildman–Crippen MR) is 192 cm³/mol. The van der Waals surface area contributed by atoms with Crippen molar-refractivity contribution in [1.29, 1.82) is 0 Å². The quantitative estimate of drug-likeness (QED) is 0.149. The molecular formula is C42H39FN2O4. The molecule has 0 aliphatic heterocycles. The van der Waals surface area contributed by atoms with E-state index in [0.29, 0.717) is 28.0 Å². The van der Waals surface area contributed by atoms with Gasteiger partial charge in [-0.2, -0.15) is 0 Å². The van der Waals surface area contributed by atoms with Crippen LogP contribution in [0, 0.1) is 12.7 Å². The van der Waals surface area contributed by atoms with Crippen LogP contribution in [-0.2, 0) is 11.3 Å². The summed E-state index contributed by atoms with van der Waals surface area (Å²) in [6.45, 7) is 8.06. The van der Waals surface area contributed by atoms with Crippen LogP contribution >= 0.6 is 0 Å². The van der Waals surface area contributed by atoms with Gasteiger partial charge in [-0.25, -0.2) is 9.18 Å². The van der Waals surface area contributed by atoms with Crippen LogP contribution in [0.1, 0.15) is 69.8 Å². The summed E-state index contributed by atoms with van der Waals surface area (Å²) in [7, 11) is 0. The molecule has 0 atom stereocenters. The number of nitrogens with one attached hydrogen (secondary N) is 1. The summed E-state index contributed by atoms with van der Waals surface area (Å²) in [5, 5.41) is 3.78. The zero-order valence-corrected chi connectivity index (χ0v) is 28.1. The van der Waals surface area contributed by atoms with Gasteiger partial charge in [-0.3, -0.25) is 9.78 Å². The number of pyridine rings is 1. The predicted octanol–water partition coefficient (Wildman–Crippen LogP) is 9.65. The van der Waals surface area contributed by atoms with Crippen molar-refractivity contribution in [2.75, 3.05) is 6.61 Å². The van der Waals surface area contributed by atoms with Crippen molar-refractivity contribution in [3.8, 4) is 16.9 Å². The van der Waals surface area contributed by atoms with Crippen LogP contribution in [0.3, 0.4) is 0 Å². The molecule has 6 nitrogen and oxygen atoms in total. The highest BCUT2D eigenvalue weighted by Gasteiger charge is 2.28. The van der Waals surface area contributed by atoms with Crippen molar-refractivity contribution in [3.63, 3.8) is 0 Å². The van der Waals surface area contributed by atoms with Crippen LogP contribution in [0.4, 0.5) is 4.39 Å². The smallest absolute Gasteiger partial charge is 0.338 e. The van der Waals surface area contributed by atoms with Crippen molar-refractivity contribution < 1.29 is 23.5 Å². The number of carbonyl (C=O) groups excluding carboxylic acids is 2. The molecule has 0 bridgehead atoms. The Labute approximate surface area is 286 Å². The molecule has 6 rings (SSSR count). The van der Waals surface area contributed by atoms with Crippen molar-refractivity contribution in [2.24, 2.45) is 0 Å². The van der Waals surface area contributed by atoms with E-state index in [-0.39, 0.29) is 24.9 Å². The van der Waals surface area contributed by atoms with Crippen LogP contribution in [0.5, 0.6) is 5.75 Å². The Bertz CT molecular complexity index is 1990. The fourth-order valence-electron chi connectivity index (χ4n) is 5.75. The van der Waals surface area contributed by atoms with Gasteiger partial charge in [0.25, 0.3) is 5.91 Å². The molecule has 1 N–H and O–H groups in total. The van der Waals surface area contributed by atoms with Gasteiger partial charge >= 0.3 is 5.97 Å². The van der Waals surface area contributed by atoms with Crippen LogP contribution in [-0.4, -0.2) is 23.5 Å². The van der Waals surface area contributed by atoms with Crippen molar-refractivity contribution in [1.82, 2.24) is 10.3 Å². The van der Waals surface area contributed by atoms with E-state index in [1.165, 1.54) is 12.1 Å². The van der Waals surface area contributed by atoms with E-state index in [2.05, 4.69) is 5.32 Å². The third kappa shape index (κ3) is 7.84. The first-order chi connectivity index (χ1) is 23.9. The van der Waals surface area contributed by atoms with Crippen molar-refractivity contribution >= 4 is 22.8 Å². The van der Waals surface area contributed by atoms with E-state index in [4.69, 9.17) is 14.5 Å². The maximum atomic E-state index is 14.3. The Hall–Kier alpha value is -5.82. The molecule has 0 fully saturated rings. The molecule has 0 saturated heterocycles. The first kappa shape index (κ1) is 34.5. The number of benzene rings is 5. The summed E-state index contributed by atoms with van der Waals surface area (Å²) in [6, 6.07) is 36.6. The molecule has 5 aromatic carbocycles. The lowest BCUT2D eigenvalue weighted by Crippen LogP contribution is -2.25. The number of rotatable bonds is 10. The average Bonchev–Trinajstić information content (AvgIpc) is 3.15. The van der Waals surface area contributed by atoms with E-state index in [0.717, 1.165) is 33.2 Å². The molecule has 1 aromatic heterocycles. The molecular weight excluding hydrogens is 615 g/mol. The SMILES string of the molecule is CC.CCOC(=O)c1cccc(-c2c(C)c(C(=O)NCc3ccc(F)cc3)c(OC(c3ccccc3)c3ccccc3)c3ncccc23)c1. The van der Waals surface area contributed by atoms with Gasteiger partial charge in [0.1, 0.15) is 17.4 Å². The highest BCUT2D eigenvalue weighted by Crippen LogP contribution is 2.43. The lowest BCUT2D eigenvalue weighted by molar-refractivity contribution is 0.0526. The number of nitrogens with zero attached hydrogens (tertiary/aromatic N) is 1. The Morgan fingerprint density at radius 1 is 0.816 bits per heavy atom. The molecule has 0 aliphatic carbocycles. The van der Waals surface area contributed by atoms with Gasteiger partial charge in [0.05, 0.1) is 17.7 Å². The molecule has 248 valence electrons. The number of aromatic nitrogens is 1. The van der Waals surface area contributed by atoms with E-state index >= 15 is 0 Å². The van der Waals surface area contributed by atoms with Gasteiger partial charge in [-0.1, -0.05) is 105 Å². The summed E-state index contributed by atoms with van der Waals surface area (Å²) >= 11 is 0. The van der Waals surface area contributed by atoms with Gasteiger partial charge in [0.15, 0.2) is 5.75 Å². The molecule has 0 saturated carbocycles. The second-order valence-electron chi connectivity index (χ2n) is 11.0. The summed E-state index contributed by atoms with van der Waals surface area (Å²) in [4.78, 5) is 31.8. The summed E-state index contributed by atoms with van der Waals surface area (Å²) in [5.41, 5.74) is 5.89. The number of hydrogen-bond acceptors (Lipinski definition) is 5. The van der Waals surface area contributed by atoms with Crippen molar-refractivity contribution in [3.05, 3.63) is 167 Å². The maximum Gasteiger partial charge on any atom is 0.338 e. The topological polar surface area (TPSA) is 77.5 Å². The molecule has 6 aromatic rings. The lowest BCUT2D eigenvalue weighted by Gasteiger charge is -2.25. The van der Waals surface area contributed by atoms with Crippen LogP contribution < -0.4 is 10.1 Å². The standard InChI is InChI=1S/C40H33FN2O4.C2H6/c1-3-46-40(45)31-17-10-16-30(24-31)34-26(2)35(39(44)43-25-27-19-21-32(41)22-20-27)38(36-33(34)18-11-23-42-36)47-37(28-12-6-4-7-13-28)29-14-8-5-9-15-29;1-2/h4-24,37H,3,25H2,1-2H3,(H,43,44);1-2H3. The number of esters is 1. The highest BCUT2D eigenvalue weighted by atomic mass is 19.1. The van der Waals surface area contributed by atoms with Gasteiger partial charge in [-0.15, -0.1) is 0 Å². The van der Waals surface area contributed by atoms with Gasteiger partial charge in [0, 0.05) is 18.1 Å². The Kier molecular flexibility index (Phi) is 11.5. The largest absolute Gasteiger partial charge is 0.478 e. The molecule has 1 amide bonds. The first-order valence-electron chi connectivity index (χ1n) is 16.4. The summed E-state index contributed by atoms with van der Waals surface area (Å²) in [6.07, 6.45) is 1.12. The Morgan fingerprint density at radius 2 is 1.47 bits per heavy atom. The monoisotopic (exact) mass is 654 g/mol. The third-order valence-electron chi connectivity index (χ3n) is 7.97. The van der Waals surface area contributed by atoms with E-state index < -0.39 is 12.1 Å². The fraction of sp³-hybridized carbons (Fsp3) is 0.167. The average molecular weight is 655 g/mol. The second-order valence-corrected chi connectivity index (χ2v) is 11.0. The van der Waals surface area contributed by atoms with Gasteiger partial charge < -0.3 is 14.8 Å². The number of halogens is 1. The van der Waals surface area contributed by atoms with Gasteiger partial charge in [0.2, 0.25) is 0 Å². The third-order valence-corrected chi connectivity index (χ3v) is 7.97. The summed E-state index contributed by atoms with van der Waals surface area (Å²) in [5.74, 6) is -0.829. The Morgan fingerprint density at radius 3 is 2.10 bits per heavy atom. The zero-order chi connectivity index (χ0) is 34.8. The highest BCUT2D eigenvalue weighted by molar-refractivity contribution is 6.10. The molecule has 49 heavy (non-hydrogen) atoms. The molecule has 0 spiro atoms. The first-order valence-corrected chi connectivity index (χ1v) is 16.4. The number of hydrogen-bond donors (Lipinski definition) is 1. The van der Waals surface area contributed by atoms with E-state index in [1.54, 1.807) is 43.5 Å². The molecule has 0 radical (unpaired) electrons.